The van der Waals surface area contributed by atoms with Crippen LogP contribution in [0.1, 0.15) is 6.42 Å². The molecule has 0 radical (unpaired) electrons. The van der Waals surface area contributed by atoms with Gasteiger partial charge in [-0.15, -0.1) is 0 Å². The van der Waals surface area contributed by atoms with Crippen LogP contribution in [0, 0.1) is 0 Å². The van der Waals surface area contributed by atoms with Crippen molar-refractivity contribution in [3.63, 3.8) is 0 Å². The van der Waals surface area contributed by atoms with E-state index >= 15 is 0 Å². The summed E-state index contributed by atoms with van der Waals surface area (Å²) in [6, 6.07) is -0.909. The van der Waals surface area contributed by atoms with Crippen LogP contribution in [0.15, 0.2) is 17.1 Å². The van der Waals surface area contributed by atoms with Gasteiger partial charge in [-0.3, -0.25) is 9.79 Å². The smallest absolute Gasteiger partial charge is 0.320 e. The molecule has 6 heteroatoms. The predicted molar refractivity (Wildman–Crippen MR) is 51.8 cm³/mol. The quantitative estimate of drug-likeness (QED) is 0.312. The summed E-state index contributed by atoms with van der Waals surface area (Å²) in [5.74, 6) is -1.13. The number of amidine groups is 1. The fourth-order valence-corrected chi connectivity index (χ4v) is 0.630. The molecule has 5 nitrogen and oxygen atoms in total. The Morgan fingerprint density at radius 3 is 2.71 bits per heavy atom. The van der Waals surface area contributed by atoms with Gasteiger partial charge in [0.1, 0.15) is 18.6 Å². The zero-order chi connectivity index (χ0) is 11.0. The maximum absolute atomic E-state index is 11.8. The Kier molecular flexibility index (Phi) is 6.30. The first-order chi connectivity index (χ1) is 6.57. The number of alkyl halides is 1. The molecule has 0 spiro atoms. The van der Waals surface area contributed by atoms with E-state index in [-0.39, 0.29) is 18.8 Å². The van der Waals surface area contributed by atoms with Gasteiger partial charge in [0.15, 0.2) is 0 Å². The summed E-state index contributed by atoms with van der Waals surface area (Å²) in [6.45, 7) is -0.537. The molecule has 0 amide bonds. The van der Waals surface area contributed by atoms with Gasteiger partial charge in [0, 0.05) is 0 Å². The van der Waals surface area contributed by atoms with E-state index in [1.807, 2.05) is 0 Å². The van der Waals surface area contributed by atoms with E-state index in [2.05, 4.69) is 4.99 Å². The highest BCUT2D eigenvalue weighted by Crippen LogP contribution is 1.90. The molecule has 0 aromatic heterocycles. The topological polar surface area (TPSA) is 102 Å². The van der Waals surface area contributed by atoms with Crippen LogP contribution in [0.5, 0.6) is 0 Å². The minimum Gasteiger partial charge on any atom is -0.480 e. The molecule has 0 aromatic rings. The maximum Gasteiger partial charge on any atom is 0.320 e. The summed E-state index contributed by atoms with van der Waals surface area (Å²) < 4.78 is 11.8. The lowest BCUT2D eigenvalue weighted by molar-refractivity contribution is -0.138. The molecule has 0 aromatic carbocycles. The van der Waals surface area contributed by atoms with Crippen molar-refractivity contribution >= 4 is 11.8 Å². The van der Waals surface area contributed by atoms with Crippen molar-refractivity contribution in [2.24, 2.45) is 16.5 Å². The van der Waals surface area contributed by atoms with Crippen LogP contribution in [0.2, 0.25) is 0 Å². The average Bonchev–Trinajstić information content (AvgIpc) is 2.16. The third kappa shape index (κ3) is 6.13. The lowest BCUT2D eigenvalue weighted by Crippen LogP contribution is -2.29. The van der Waals surface area contributed by atoms with Gasteiger partial charge in [-0.1, -0.05) is 12.2 Å². The van der Waals surface area contributed by atoms with Gasteiger partial charge >= 0.3 is 5.97 Å². The molecule has 0 bridgehead atoms. The highest BCUT2D eigenvalue weighted by atomic mass is 19.1. The van der Waals surface area contributed by atoms with Gasteiger partial charge < -0.3 is 16.6 Å². The van der Waals surface area contributed by atoms with Crippen molar-refractivity contribution in [2.45, 2.75) is 12.5 Å². The Bertz CT molecular complexity index is 241. The third-order valence-electron chi connectivity index (χ3n) is 1.41. The number of aliphatic carboxylic acids is 1. The number of carboxylic acids is 1. The second-order valence-electron chi connectivity index (χ2n) is 2.62. The van der Waals surface area contributed by atoms with E-state index in [1.165, 1.54) is 0 Å². The molecule has 0 aliphatic heterocycles. The molecule has 0 aliphatic carbocycles. The maximum atomic E-state index is 11.8. The molecule has 1 atom stereocenters. The molecular formula is C8H14FN3O2. The first kappa shape index (κ1) is 12.6. The van der Waals surface area contributed by atoms with Crippen molar-refractivity contribution in [2.75, 3.05) is 13.2 Å². The zero-order valence-corrected chi connectivity index (χ0v) is 7.69. The third-order valence-corrected chi connectivity index (χ3v) is 1.41. The van der Waals surface area contributed by atoms with Gasteiger partial charge in [0.2, 0.25) is 0 Å². The molecule has 0 heterocycles. The Labute approximate surface area is 81.3 Å². The first-order valence-electron chi connectivity index (χ1n) is 4.06. The molecule has 0 rings (SSSR count). The normalized spacial score (nSPS) is 14.6. The highest BCUT2D eigenvalue weighted by molar-refractivity contribution is 5.81. The molecule has 0 aliphatic rings. The number of nitrogens with zero attached hydrogens (tertiary/aromatic N) is 1. The van der Waals surface area contributed by atoms with Crippen LogP contribution < -0.4 is 11.5 Å². The molecule has 0 saturated heterocycles. The van der Waals surface area contributed by atoms with Crippen LogP contribution in [0.25, 0.3) is 0 Å². The fraction of sp³-hybridized carbons (Fsp3) is 0.500. The summed E-state index contributed by atoms with van der Waals surface area (Å²) >= 11 is 0. The molecule has 0 saturated carbocycles. The van der Waals surface area contributed by atoms with E-state index in [0.717, 1.165) is 0 Å². The van der Waals surface area contributed by atoms with Crippen molar-refractivity contribution in [3.8, 4) is 0 Å². The van der Waals surface area contributed by atoms with Gasteiger partial charge in [-0.05, 0) is 6.42 Å². The van der Waals surface area contributed by atoms with Crippen LogP contribution in [0.4, 0.5) is 4.39 Å². The summed E-state index contributed by atoms with van der Waals surface area (Å²) in [7, 11) is 0. The second kappa shape index (κ2) is 7.02. The Balaban J connectivity index is 3.70. The number of nitrogens with two attached hydrogens (primary N) is 2. The largest absolute Gasteiger partial charge is 0.480 e. The van der Waals surface area contributed by atoms with Crippen LogP contribution in [-0.2, 0) is 4.79 Å². The van der Waals surface area contributed by atoms with Crippen molar-refractivity contribution in [1.29, 1.82) is 0 Å². The van der Waals surface area contributed by atoms with E-state index < -0.39 is 18.7 Å². The van der Waals surface area contributed by atoms with Gasteiger partial charge in [-0.25, -0.2) is 4.39 Å². The molecule has 0 fully saturated rings. The summed E-state index contributed by atoms with van der Waals surface area (Å²) in [5.41, 5.74) is 10.3. The van der Waals surface area contributed by atoms with E-state index in [9.17, 15) is 9.18 Å². The Hall–Kier alpha value is -1.43. The number of halogens is 1. The number of aliphatic imine (C=N–C) groups is 1. The number of rotatable bonds is 6. The van der Waals surface area contributed by atoms with Crippen molar-refractivity contribution in [1.82, 2.24) is 0 Å². The number of hydrogen-bond acceptors (Lipinski definition) is 3. The Morgan fingerprint density at radius 2 is 2.21 bits per heavy atom. The summed E-state index contributed by atoms with van der Waals surface area (Å²) in [6.07, 6.45) is 3.39. The van der Waals surface area contributed by atoms with Gasteiger partial charge in [-0.2, -0.15) is 0 Å². The lowest BCUT2D eigenvalue weighted by atomic mass is 10.2. The monoisotopic (exact) mass is 203 g/mol. The zero-order valence-electron chi connectivity index (χ0n) is 7.69. The van der Waals surface area contributed by atoms with E-state index in [1.54, 1.807) is 12.2 Å². The minimum atomic E-state index is -1.05. The number of hydrogen-bond donors (Lipinski definition) is 3. The second-order valence-corrected chi connectivity index (χ2v) is 2.62. The number of carboxylic acid groups (broad SMARTS) is 1. The fourth-order valence-electron chi connectivity index (χ4n) is 0.630. The summed E-state index contributed by atoms with van der Waals surface area (Å²) in [5, 5.41) is 8.41. The molecule has 14 heavy (non-hydrogen) atoms. The van der Waals surface area contributed by atoms with Gasteiger partial charge in [0.25, 0.3) is 0 Å². The molecule has 1 unspecified atom stereocenters. The minimum absolute atomic E-state index is 0.0721. The van der Waals surface area contributed by atoms with E-state index in [4.69, 9.17) is 16.6 Å². The predicted octanol–water partition coefficient (Wildman–Crippen LogP) is -0.329. The number of carbonyl (C=O) groups is 1. The molecular weight excluding hydrogens is 189 g/mol. The van der Waals surface area contributed by atoms with Crippen LogP contribution in [0.3, 0.4) is 0 Å². The first-order valence-corrected chi connectivity index (χ1v) is 4.06. The summed E-state index contributed by atoms with van der Waals surface area (Å²) in [4.78, 5) is 13.9. The standard InChI is InChI=1S/C8H14FN3O2/c9-5-7(11)12-4-2-1-3-6(10)8(13)14/h1-2,6H,3-5,10H2,(H2,11,12)(H,13,14). The van der Waals surface area contributed by atoms with Crippen LogP contribution in [-0.4, -0.2) is 36.2 Å². The highest BCUT2D eigenvalue weighted by Gasteiger charge is 2.07. The SMILES string of the molecule is NC(CF)=NCC=CCC(N)C(=O)O. The molecule has 5 N–H and O–H groups in total. The Morgan fingerprint density at radius 1 is 1.57 bits per heavy atom. The van der Waals surface area contributed by atoms with Gasteiger partial charge in [0.05, 0.1) is 6.54 Å². The van der Waals surface area contributed by atoms with E-state index in [0.29, 0.717) is 0 Å². The molecule has 80 valence electrons. The average molecular weight is 203 g/mol. The van der Waals surface area contributed by atoms with Crippen molar-refractivity contribution in [3.05, 3.63) is 12.2 Å². The van der Waals surface area contributed by atoms with Crippen LogP contribution >= 0.6 is 0 Å². The van der Waals surface area contributed by atoms with Crippen molar-refractivity contribution < 1.29 is 14.3 Å². The lowest BCUT2D eigenvalue weighted by Gasteiger charge is -1.99.